The Morgan fingerprint density at radius 3 is 2.87 bits per heavy atom. The van der Waals surface area contributed by atoms with Crippen LogP contribution in [0.15, 0.2) is 24.3 Å². The molecule has 1 fully saturated rings. The van der Waals surface area contributed by atoms with Crippen molar-refractivity contribution >= 4 is 17.3 Å². The number of hydrogen-bond donors (Lipinski definition) is 1. The van der Waals surface area contributed by atoms with Gasteiger partial charge >= 0.3 is 0 Å². The third-order valence-corrected chi connectivity index (χ3v) is 3.20. The van der Waals surface area contributed by atoms with Crippen molar-refractivity contribution in [3.63, 3.8) is 0 Å². The Morgan fingerprint density at radius 1 is 1.40 bits per heavy atom. The van der Waals surface area contributed by atoms with Gasteiger partial charge in [-0.15, -0.1) is 11.6 Å². The number of rotatable bonds is 3. The van der Waals surface area contributed by atoms with Gasteiger partial charge in [0.25, 0.3) is 0 Å². The number of aliphatic hydroxyl groups excluding tert-OH is 1. The number of aliphatic hydroxyl groups is 1. The summed E-state index contributed by atoms with van der Waals surface area (Å²) in [6.07, 6.45) is 1.77. The first-order valence-electron chi connectivity index (χ1n) is 5.39. The van der Waals surface area contributed by atoms with Crippen molar-refractivity contribution in [2.24, 2.45) is 0 Å². The largest absolute Gasteiger partial charge is 0.396 e. The molecule has 2 rings (SSSR count). The molecule has 0 aliphatic carbocycles. The third kappa shape index (κ3) is 2.44. The van der Waals surface area contributed by atoms with E-state index >= 15 is 0 Å². The summed E-state index contributed by atoms with van der Waals surface area (Å²) in [6, 6.07) is 8.24. The summed E-state index contributed by atoms with van der Waals surface area (Å²) in [5.74, 6) is 0. The Hall–Kier alpha value is -0.730. The minimum Gasteiger partial charge on any atom is -0.396 e. The Morgan fingerprint density at radius 2 is 2.20 bits per heavy atom. The zero-order valence-electron chi connectivity index (χ0n) is 8.69. The second-order valence-electron chi connectivity index (χ2n) is 3.93. The molecule has 0 radical (unpaired) electrons. The van der Waals surface area contributed by atoms with Gasteiger partial charge in [0.1, 0.15) is 0 Å². The molecule has 82 valence electrons. The Bertz CT molecular complexity index is 329. The normalized spacial score (nSPS) is 20.9. The molecule has 0 unspecified atom stereocenters. The molecular weight excluding hydrogens is 210 g/mol. The van der Waals surface area contributed by atoms with Crippen molar-refractivity contribution in [3.05, 3.63) is 29.8 Å². The van der Waals surface area contributed by atoms with Crippen molar-refractivity contribution in [1.82, 2.24) is 0 Å². The maximum Gasteiger partial charge on any atom is 0.0528 e. The van der Waals surface area contributed by atoms with Crippen molar-refractivity contribution in [3.8, 4) is 0 Å². The molecule has 1 aromatic carbocycles. The number of para-hydroxylation sites is 1. The highest BCUT2D eigenvalue weighted by Crippen LogP contribution is 2.26. The van der Waals surface area contributed by atoms with E-state index in [1.54, 1.807) is 0 Å². The van der Waals surface area contributed by atoms with Crippen LogP contribution in [-0.2, 0) is 6.42 Å². The van der Waals surface area contributed by atoms with Gasteiger partial charge in [0.2, 0.25) is 0 Å². The van der Waals surface area contributed by atoms with E-state index in [1.807, 2.05) is 12.1 Å². The highest BCUT2D eigenvalue weighted by atomic mass is 35.5. The zero-order valence-corrected chi connectivity index (χ0v) is 9.45. The lowest BCUT2D eigenvalue weighted by molar-refractivity contribution is 0.299. The van der Waals surface area contributed by atoms with E-state index in [4.69, 9.17) is 16.7 Å². The number of hydrogen-bond acceptors (Lipinski definition) is 2. The Labute approximate surface area is 95.5 Å². The van der Waals surface area contributed by atoms with Crippen LogP contribution in [0.1, 0.15) is 12.0 Å². The molecule has 0 aromatic heterocycles. The number of alkyl halides is 1. The van der Waals surface area contributed by atoms with E-state index in [0.29, 0.717) is 0 Å². The SMILES string of the molecule is OCCc1ccccc1N1CC[C@H](Cl)C1. The van der Waals surface area contributed by atoms with Gasteiger partial charge in [-0.05, 0) is 24.5 Å². The molecule has 15 heavy (non-hydrogen) atoms. The lowest BCUT2D eigenvalue weighted by atomic mass is 10.1. The number of benzene rings is 1. The maximum atomic E-state index is 8.99. The topological polar surface area (TPSA) is 23.5 Å². The second kappa shape index (κ2) is 4.86. The van der Waals surface area contributed by atoms with Gasteiger partial charge < -0.3 is 10.0 Å². The molecule has 2 nitrogen and oxygen atoms in total. The highest BCUT2D eigenvalue weighted by molar-refractivity contribution is 6.21. The second-order valence-corrected chi connectivity index (χ2v) is 4.55. The van der Waals surface area contributed by atoms with E-state index in [1.165, 1.54) is 11.3 Å². The fourth-order valence-electron chi connectivity index (χ4n) is 2.09. The predicted molar refractivity (Wildman–Crippen MR) is 63.7 cm³/mol. The predicted octanol–water partition coefficient (Wildman–Crippen LogP) is 2.04. The van der Waals surface area contributed by atoms with Gasteiger partial charge in [-0.25, -0.2) is 0 Å². The van der Waals surface area contributed by atoms with Crippen LogP contribution in [0.4, 0.5) is 5.69 Å². The van der Waals surface area contributed by atoms with E-state index in [0.717, 1.165) is 25.9 Å². The molecule has 0 bridgehead atoms. The van der Waals surface area contributed by atoms with Gasteiger partial charge in [-0.3, -0.25) is 0 Å². The van der Waals surface area contributed by atoms with Gasteiger partial charge in [0.15, 0.2) is 0 Å². The van der Waals surface area contributed by atoms with Crippen LogP contribution in [-0.4, -0.2) is 30.2 Å². The molecule has 1 atom stereocenters. The maximum absolute atomic E-state index is 8.99. The standard InChI is InChI=1S/C12H16ClNO/c13-11-5-7-14(9-11)12-4-2-1-3-10(12)6-8-15/h1-4,11,15H,5-9H2/t11-/m0/s1. The molecule has 0 saturated carbocycles. The highest BCUT2D eigenvalue weighted by Gasteiger charge is 2.21. The third-order valence-electron chi connectivity index (χ3n) is 2.84. The van der Waals surface area contributed by atoms with Crippen LogP contribution in [0.25, 0.3) is 0 Å². The fraction of sp³-hybridized carbons (Fsp3) is 0.500. The zero-order chi connectivity index (χ0) is 10.7. The quantitative estimate of drug-likeness (QED) is 0.796. The molecule has 1 heterocycles. The van der Waals surface area contributed by atoms with E-state index < -0.39 is 0 Å². The van der Waals surface area contributed by atoms with Crippen LogP contribution in [0.5, 0.6) is 0 Å². The summed E-state index contributed by atoms with van der Waals surface area (Å²) in [5.41, 5.74) is 2.44. The Kier molecular flexibility index (Phi) is 3.49. The molecule has 3 heteroatoms. The average Bonchev–Trinajstić information content (AvgIpc) is 2.66. The van der Waals surface area contributed by atoms with Crippen LogP contribution < -0.4 is 4.90 Å². The minimum atomic E-state index is 0.204. The van der Waals surface area contributed by atoms with Crippen molar-refractivity contribution in [1.29, 1.82) is 0 Å². The first kappa shape index (κ1) is 10.8. The number of anilines is 1. The molecule has 1 aliphatic rings. The van der Waals surface area contributed by atoms with Crippen molar-refractivity contribution in [2.45, 2.75) is 18.2 Å². The fourth-order valence-corrected chi connectivity index (χ4v) is 2.35. The molecule has 1 N–H and O–H groups in total. The summed E-state index contributed by atoms with van der Waals surface area (Å²) in [5, 5.41) is 9.26. The van der Waals surface area contributed by atoms with Crippen LogP contribution in [0, 0.1) is 0 Å². The first-order chi connectivity index (χ1) is 7.31. The lowest BCUT2D eigenvalue weighted by Gasteiger charge is -2.21. The van der Waals surface area contributed by atoms with Crippen LogP contribution in [0.2, 0.25) is 0 Å². The van der Waals surface area contributed by atoms with Gasteiger partial charge in [-0.2, -0.15) is 0 Å². The first-order valence-corrected chi connectivity index (χ1v) is 5.82. The molecule has 0 amide bonds. The monoisotopic (exact) mass is 225 g/mol. The van der Waals surface area contributed by atoms with Crippen LogP contribution in [0.3, 0.4) is 0 Å². The van der Waals surface area contributed by atoms with Gasteiger partial charge in [-0.1, -0.05) is 18.2 Å². The van der Waals surface area contributed by atoms with Crippen molar-refractivity contribution < 1.29 is 5.11 Å². The Balaban J connectivity index is 2.19. The van der Waals surface area contributed by atoms with E-state index in [9.17, 15) is 0 Å². The summed E-state index contributed by atoms with van der Waals surface area (Å²) < 4.78 is 0. The van der Waals surface area contributed by atoms with Crippen LogP contribution >= 0.6 is 11.6 Å². The molecule has 1 aromatic rings. The van der Waals surface area contributed by atoms with E-state index in [-0.39, 0.29) is 12.0 Å². The molecule has 0 spiro atoms. The van der Waals surface area contributed by atoms with Gasteiger partial charge in [0, 0.05) is 25.4 Å². The summed E-state index contributed by atoms with van der Waals surface area (Å²) in [7, 11) is 0. The van der Waals surface area contributed by atoms with E-state index in [2.05, 4.69) is 17.0 Å². The summed E-state index contributed by atoms with van der Waals surface area (Å²) in [4.78, 5) is 2.31. The number of halogens is 1. The summed E-state index contributed by atoms with van der Waals surface area (Å²) >= 11 is 6.10. The summed E-state index contributed by atoms with van der Waals surface area (Å²) in [6.45, 7) is 2.15. The number of nitrogens with zero attached hydrogens (tertiary/aromatic N) is 1. The molecular formula is C12H16ClNO. The lowest BCUT2D eigenvalue weighted by Crippen LogP contribution is -2.21. The average molecular weight is 226 g/mol. The molecule has 1 saturated heterocycles. The minimum absolute atomic E-state index is 0.204. The van der Waals surface area contributed by atoms with Crippen molar-refractivity contribution in [2.75, 3.05) is 24.6 Å². The smallest absolute Gasteiger partial charge is 0.0528 e. The molecule has 1 aliphatic heterocycles. The van der Waals surface area contributed by atoms with Gasteiger partial charge in [0.05, 0.1) is 5.38 Å².